The summed E-state index contributed by atoms with van der Waals surface area (Å²) in [5.74, 6) is 0. The zero-order valence-electron chi connectivity index (χ0n) is 18.6. The zero-order valence-corrected chi connectivity index (χ0v) is 20.2. The molecule has 0 aliphatic heterocycles. The first-order valence-corrected chi connectivity index (χ1v) is 13.2. The highest BCUT2D eigenvalue weighted by molar-refractivity contribution is 7.90. The standard InChI is InChI=1S/C23H25N5O3S2/c1-15(2)28-13-18(25-14-28)9-10-24-22(29)27-23-26-20-8-7-17(12-21(20)32-23)16-5-4-6-19(11-16)33(3,30)31/h4-8,11-15H,9-10H2,1-3H3,(H2,24,26,27,29). The summed E-state index contributed by atoms with van der Waals surface area (Å²) in [6, 6.07) is 12.6. The van der Waals surface area contributed by atoms with E-state index in [1.165, 1.54) is 17.6 Å². The molecule has 0 bridgehead atoms. The van der Waals surface area contributed by atoms with E-state index in [1.54, 1.807) is 24.5 Å². The van der Waals surface area contributed by atoms with E-state index in [4.69, 9.17) is 0 Å². The molecule has 0 radical (unpaired) electrons. The van der Waals surface area contributed by atoms with Gasteiger partial charge in [0.2, 0.25) is 0 Å². The number of hydrogen-bond donors (Lipinski definition) is 2. The first-order valence-electron chi connectivity index (χ1n) is 10.5. The van der Waals surface area contributed by atoms with Gasteiger partial charge in [-0.05, 0) is 49.2 Å². The number of carbonyl (C=O) groups excluding carboxylic acids is 1. The lowest BCUT2D eigenvalue weighted by Crippen LogP contribution is -2.30. The minimum Gasteiger partial charge on any atom is -0.337 e. The minimum absolute atomic E-state index is 0.277. The zero-order chi connectivity index (χ0) is 23.6. The van der Waals surface area contributed by atoms with Crippen LogP contribution in [0.15, 0.2) is 59.9 Å². The Kier molecular flexibility index (Phi) is 6.48. The molecule has 0 atom stereocenters. The summed E-state index contributed by atoms with van der Waals surface area (Å²) in [7, 11) is -3.28. The minimum atomic E-state index is -3.28. The van der Waals surface area contributed by atoms with Crippen molar-refractivity contribution in [2.24, 2.45) is 0 Å². The van der Waals surface area contributed by atoms with E-state index in [0.717, 1.165) is 27.0 Å². The normalized spacial score (nSPS) is 11.8. The van der Waals surface area contributed by atoms with Gasteiger partial charge >= 0.3 is 6.03 Å². The van der Waals surface area contributed by atoms with Crippen LogP contribution < -0.4 is 10.6 Å². The Morgan fingerprint density at radius 1 is 1.15 bits per heavy atom. The van der Waals surface area contributed by atoms with E-state index in [0.29, 0.717) is 24.1 Å². The van der Waals surface area contributed by atoms with Crippen LogP contribution in [0.4, 0.5) is 9.93 Å². The second-order valence-corrected chi connectivity index (χ2v) is 11.1. The Bertz CT molecular complexity index is 1410. The summed E-state index contributed by atoms with van der Waals surface area (Å²) in [4.78, 5) is 21.4. The molecule has 33 heavy (non-hydrogen) atoms. The van der Waals surface area contributed by atoms with Crippen molar-refractivity contribution in [1.29, 1.82) is 0 Å². The Hall–Kier alpha value is -3.24. The predicted molar refractivity (Wildman–Crippen MR) is 132 cm³/mol. The fourth-order valence-electron chi connectivity index (χ4n) is 3.30. The maximum absolute atomic E-state index is 12.3. The number of aromatic nitrogens is 3. The van der Waals surface area contributed by atoms with Gasteiger partial charge < -0.3 is 9.88 Å². The SMILES string of the molecule is CC(C)n1cnc(CCNC(=O)Nc2nc3ccc(-c4cccc(S(C)(=O)=O)c4)cc3s2)c1. The molecule has 0 fully saturated rings. The number of imidazole rings is 1. The van der Waals surface area contributed by atoms with Crippen LogP contribution in [0.3, 0.4) is 0 Å². The number of nitrogens with one attached hydrogen (secondary N) is 2. The van der Waals surface area contributed by atoms with E-state index in [-0.39, 0.29) is 10.9 Å². The van der Waals surface area contributed by atoms with Crippen LogP contribution in [0.2, 0.25) is 0 Å². The number of carbonyl (C=O) groups is 1. The highest BCUT2D eigenvalue weighted by Gasteiger charge is 2.11. The van der Waals surface area contributed by atoms with Crippen LogP contribution in [0.5, 0.6) is 0 Å². The average molecular weight is 484 g/mol. The third-order valence-corrected chi connectivity index (χ3v) is 7.17. The molecule has 0 saturated carbocycles. The lowest BCUT2D eigenvalue weighted by molar-refractivity contribution is 0.252. The van der Waals surface area contributed by atoms with Crippen molar-refractivity contribution < 1.29 is 13.2 Å². The predicted octanol–water partition coefficient (Wildman–Crippen LogP) is 4.51. The van der Waals surface area contributed by atoms with Crippen LogP contribution in [-0.4, -0.2) is 41.8 Å². The van der Waals surface area contributed by atoms with Gasteiger partial charge in [0.15, 0.2) is 15.0 Å². The third kappa shape index (κ3) is 5.58. The number of fused-ring (bicyclic) bond motifs is 1. The van der Waals surface area contributed by atoms with Crippen molar-refractivity contribution in [3.8, 4) is 11.1 Å². The van der Waals surface area contributed by atoms with E-state index < -0.39 is 9.84 Å². The topological polar surface area (TPSA) is 106 Å². The van der Waals surface area contributed by atoms with Gasteiger partial charge in [-0.3, -0.25) is 5.32 Å². The summed E-state index contributed by atoms with van der Waals surface area (Å²) in [6.07, 6.45) is 5.62. The molecule has 4 aromatic rings. The molecular formula is C23H25N5O3S2. The van der Waals surface area contributed by atoms with Crippen LogP contribution in [0.25, 0.3) is 21.3 Å². The molecule has 10 heteroatoms. The molecule has 0 spiro atoms. The first-order chi connectivity index (χ1) is 15.7. The molecule has 0 aliphatic carbocycles. The summed E-state index contributed by atoms with van der Waals surface area (Å²) >= 11 is 1.36. The van der Waals surface area contributed by atoms with Crippen LogP contribution in [-0.2, 0) is 16.3 Å². The third-order valence-electron chi connectivity index (χ3n) is 5.12. The Balaban J connectivity index is 1.40. The van der Waals surface area contributed by atoms with Crippen molar-refractivity contribution in [3.63, 3.8) is 0 Å². The van der Waals surface area contributed by atoms with Gasteiger partial charge in [-0.2, -0.15) is 0 Å². The monoisotopic (exact) mass is 483 g/mol. The van der Waals surface area contributed by atoms with Gasteiger partial charge in [0.05, 0.1) is 27.1 Å². The summed E-state index contributed by atoms with van der Waals surface area (Å²) < 4.78 is 26.6. The summed E-state index contributed by atoms with van der Waals surface area (Å²) in [5, 5.41) is 6.11. The van der Waals surface area contributed by atoms with Crippen molar-refractivity contribution in [3.05, 3.63) is 60.7 Å². The number of nitrogens with zero attached hydrogens (tertiary/aromatic N) is 3. The van der Waals surface area contributed by atoms with Crippen LogP contribution in [0.1, 0.15) is 25.6 Å². The second kappa shape index (κ2) is 9.32. The van der Waals surface area contributed by atoms with Crippen LogP contribution in [0, 0.1) is 0 Å². The lowest BCUT2D eigenvalue weighted by atomic mass is 10.1. The van der Waals surface area contributed by atoms with Gasteiger partial charge in [-0.15, -0.1) is 0 Å². The Labute approximate surface area is 196 Å². The van der Waals surface area contributed by atoms with Gasteiger partial charge in [0, 0.05) is 31.5 Å². The molecule has 0 aliphatic rings. The molecule has 0 saturated heterocycles. The number of benzene rings is 2. The Morgan fingerprint density at radius 2 is 1.94 bits per heavy atom. The summed E-state index contributed by atoms with van der Waals surface area (Å²) in [5.41, 5.74) is 3.38. The van der Waals surface area contributed by atoms with E-state index in [2.05, 4.69) is 34.4 Å². The average Bonchev–Trinajstić information content (AvgIpc) is 3.39. The fraction of sp³-hybridized carbons (Fsp3) is 0.261. The maximum Gasteiger partial charge on any atom is 0.321 e. The van der Waals surface area contributed by atoms with Crippen molar-refractivity contribution in [2.75, 3.05) is 18.1 Å². The maximum atomic E-state index is 12.3. The largest absolute Gasteiger partial charge is 0.337 e. The smallest absolute Gasteiger partial charge is 0.321 e. The number of rotatable bonds is 7. The second-order valence-electron chi connectivity index (χ2n) is 8.04. The van der Waals surface area contributed by atoms with E-state index >= 15 is 0 Å². The highest BCUT2D eigenvalue weighted by Crippen LogP contribution is 2.31. The molecule has 2 amide bonds. The number of amides is 2. The molecular weight excluding hydrogens is 458 g/mol. The lowest BCUT2D eigenvalue weighted by Gasteiger charge is -2.05. The van der Waals surface area contributed by atoms with Gasteiger partial charge in [-0.1, -0.05) is 29.5 Å². The molecule has 2 heterocycles. The number of thiazole rings is 1. The Morgan fingerprint density at radius 3 is 2.67 bits per heavy atom. The van der Waals surface area contributed by atoms with Gasteiger partial charge in [-0.25, -0.2) is 23.2 Å². The molecule has 4 rings (SSSR count). The van der Waals surface area contributed by atoms with Gasteiger partial charge in [0.25, 0.3) is 0 Å². The molecule has 2 N–H and O–H groups in total. The number of anilines is 1. The summed E-state index contributed by atoms with van der Waals surface area (Å²) in [6.45, 7) is 4.64. The first kappa shape index (κ1) is 22.9. The molecule has 8 nitrogen and oxygen atoms in total. The van der Waals surface area contributed by atoms with Crippen LogP contribution >= 0.6 is 11.3 Å². The van der Waals surface area contributed by atoms with Crippen molar-refractivity contribution >= 4 is 42.6 Å². The highest BCUT2D eigenvalue weighted by atomic mass is 32.2. The van der Waals surface area contributed by atoms with Gasteiger partial charge in [0.1, 0.15) is 0 Å². The number of urea groups is 1. The fourth-order valence-corrected chi connectivity index (χ4v) is 4.87. The molecule has 172 valence electrons. The van der Waals surface area contributed by atoms with Crippen molar-refractivity contribution in [2.45, 2.75) is 31.2 Å². The van der Waals surface area contributed by atoms with E-state index in [1.807, 2.05) is 35.0 Å². The molecule has 2 aromatic heterocycles. The van der Waals surface area contributed by atoms with E-state index in [9.17, 15) is 13.2 Å². The molecule has 2 aromatic carbocycles. The number of sulfone groups is 1. The molecule has 0 unspecified atom stereocenters. The quantitative estimate of drug-likeness (QED) is 0.402. The van der Waals surface area contributed by atoms with Crippen molar-refractivity contribution in [1.82, 2.24) is 19.9 Å². The number of hydrogen-bond acceptors (Lipinski definition) is 6.